The number of anilines is 1. The highest BCUT2D eigenvalue weighted by atomic mass is 32.2. The minimum absolute atomic E-state index is 0.0478. The first-order valence-electron chi connectivity index (χ1n) is 8.86. The fraction of sp³-hybridized carbons (Fsp3) is 0.0476. The molecule has 30 heavy (non-hydrogen) atoms. The van der Waals surface area contributed by atoms with Crippen LogP contribution in [-0.2, 0) is 10.0 Å². The molecule has 2 heterocycles. The van der Waals surface area contributed by atoms with Crippen LogP contribution < -0.4 is 4.72 Å². The average molecular weight is 442 g/mol. The van der Waals surface area contributed by atoms with Gasteiger partial charge in [0, 0.05) is 34.5 Å². The van der Waals surface area contributed by atoms with Gasteiger partial charge in [0.2, 0.25) is 0 Å². The Morgan fingerprint density at radius 2 is 1.77 bits per heavy atom. The molecule has 4 rings (SSSR count). The number of aliphatic hydroxyl groups excluding tert-OH is 1. The van der Waals surface area contributed by atoms with Gasteiger partial charge in [0.25, 0.3) is 10.0 Å². The van der Waals surface area contributed by atoms with Crippen LogP contribution in [0.2, 0.25) is 0 Å². The Kier molecular flexibility index (Phi) is 5.58. The molecule has 0 bridgehead atoms. The van der Waals surface area contributed by atoms with Crippen molar-refractivity contribution in [3.05, 3.63) is 95.4 Å². The molecule has 1 unspecified atom stereocenters. The lowest BCUT2D eigenvalue weighted by Crippen LogP contribution is -2.14. The van der Waals surface area contributed by atoms with Gasteiger partial charge in [-0.05, 0) is 18.2 Å². The first-order chi connectivity index (χ1) is 14.5. The van der Waals surface area contributed by atoms with Gasteiger partial charge >= 0.3 is 0 Å². The lowest BCUT2D eigenvalue weighted by atomic mass is 9.96. The van der Waals surface area contributed by atoms with Crippen LogP contribution in [0, 0.1) is 5.82 Å². The van der Waals surface area contributed by atoms with Gasteiger partial charge in [-0.2, -0.15) is 0 Å². The monoisotopic (exact) mass is 441 g/mol. The molecule has 0 amide bonds. The summed E-state index contributed by atoms with van der Waals surface area (Å²) in [5.41, 5.74) is 1.67. The number of aliphatic hydroxyl groups is 1. The molecular weight excluding hydrogens is 425 g/mol. The summed E-state index contributed by atoms with van der Waals surface area (Å²) >= 11 is 1.11. The average Bonchev–Trinajstić information content (AvgIpc) is 3.26. The molecule has 2 aromatic heterocycles. The Labute approximate surface area is 176 Å². The van der Waals surface area contributed by atoms with E-state index in [9.17, 15) is 17.9 Å². The van der Waals surface area contributed by atoms with E-state index in [1.165, 1.54) is 18.3 Å². The summed E-state index contributed by atoms with van der Waals surface area (Å²) in [6.07, 6.45) is 1.73. The van der Waals surface area contributed by atoms with Crippen LogP contribution in [0.1, 0.15) is 17.2 Å². The predicted molar refractivity (Wildman–Crippen MR) is 113 cm³/mol. The van der Waals surface area contributed by atoms with Gasteiger partial charge in [-0.3, -0.25) is 9.71 Å². The van der Waals surface area contributed by atoms with E-state index in [1.807, 2.05) is 30.3 Å². The van der Waals surface area contributed by atoms with Gasteiger partial charge in [0.05, 0.1) is 10.6 Å². The van der Waals surface area contributed by atoms with E-state index < -0.39 is 21.9 Å². The minimum Gasteiger partial charge on any atom is -0.383 e. The number of hydrogen-bond donors (Lipinski definition) is 2. The maximum atomic E-state index is 14.8. The number of nitrogens with one attached hydrogen (secondary N) is 1. The highest BCUT2D eigenvalue weighted by Crippen LogP contribution is 2.32. The van der Waals surface area contributed by atoms with Crippen molar-refractivity contribution >= 4 is 26.5 Å². The maximum Gasteiger partial charge on any atom is 0.263 e. The normalized spacial score (nSPS) is 12.5. The number of rotatable bonds is 6. The highest BCUT2D eigenvalue weighted by molar-refractivity contribution is 7.93. The molecule has 0 saturated heterocycles. The van der Waals surface area contributed by atoms with Crippen LogP contribution in [0.25, 0.3) is 11.3 Å². The minimum atomic E-state index is -4.00. The third kappa shape index (κ3) is 4.09. The predicted octanol–water partition coefficient (Wildman–Crippen LogP) is 4.23. The fourth-order valence-corrected chi connectivity index (χ4v) is 4.79. The molecule has 6 nitrogen and oxygen atoms in total. The molecule has 0 radical (unpaired) electrons. The third-order valence-electron chi connectivity index (χ3n) is 4.41. The van der Waals surface area contributed by atoms with Crippen molar-refractivity contribution in [3.63, 3.8) is 0 Å². The van der Waals surface area contributed by atoms with Crippen molar-refractivity contribution in [1.82, 2.24) is 9.97 Å². The molecule has 0 spiro atoms. The number of thiazole rings is 1. The quantitative estimate of drug-likeness (QED) is 0.467. The summed E-state index contributed by atoms with van der Waals surface area (Å²) in [5.74, 6) is -0.840. The Morgan fingerprint density at radius 1 is 0.967 bits per heavy atom. The van der Waals surface area contributed by atoms with Gasteiger partial charge in [-0.15, -0.1) is 11.3 Å². The van der Waals surface area contributed by atoms with Crippen molar-refractivity contribution in [2.45, 2.75) is 11.0 Å². The molecule has 4 aromatic rings. The molecule has 0 aliphatic carbocycles. The zero-order chi connectivity index (χ0) is 21.1. The van der Waals surface area contributed by atoms with Crippen LogP contribution in [0.4, 0.5) is 9.52 Å². The first-order valence-corrected chi connectivity index (χ1v) is 11.2. The lowest BCUT2D eigenvalue weighted by molar-refractivity contribution is 0.215. The Balaban J connectivity index is 1.68. The number of halogens is 1. The number of aromatic nitrogens is 2. The summed E-state index contributed by atoms with van der Waals surface area (Å²) in [7, 11) is -4.00. The van der Waals surface area contributed by atoms with Crippen molar-refractivity contribution < 1.29 is 17.9 Å². The van der Waals surface area contributed by atoms with Crippen LogP contribution in [0.3, 0.4) is 0 Å². The van der Waals surface area contributed by atoms with E-state index in [4.69, 9.17) is 0 Å². The molecule has 2 aromatic carbocycles. The van der Waals surface area contributed by atoms with E-state index in [-0.39, 0.29) is 15.6 Å². The number of nitrogens with zero attached hydrogens (tertiary/aromatic N) is 2. The molecule has 9 heteroatoms. The summed E-state index contributed by atoms with van der Waals surface area (Å²) in [4.78, 5) is 7.93. The highest BCUT2D eigenvalue weighted by Gasteiger charge is 2.23. The molecular formula is C21H16FN3O3S2. The molecule has 0 aliphatic heterocycles. The van der Waals surface area contributed by atoms with E-state index in [0.717, 1.165) is 23.0 Å². The smallest absolute Gasteiger partial charge is 0.263 e. The summed E-state index contributed by atoms with van der Waals surface area (Å²) in [5, 5.41) is 12.7. The van der Waals surface area contributed by atoms with Crippen LogP contribution in [0.5, 0.6) is 0 Å². The largest absolute Gasteiger partial charge is 0.383 e. The Morgan fingerprint density at radius 3 is 2.47 bits per heavy atom. The van der Waals surface area contributed by atoms with Gasteiger partial charge in [0.15, 0.2) is 5.13 Å². The molecule has 0 aliphatic rings. The van der Waals surface area contributed by atoms with Crippen molar-refractivity contribution in [2.75, 3.05) is 4.72 Å². The zero-order valence-electron chi connectivity index (χ0n) is 15.4. The van der Waals surface area contributed by atoms with Gasteiger partial charge in [0.1, 0.15) is 11.9 Å². The molecule has 0 saturated carbocycles. The van der Waals surface area contributed by atoms with E-state index >= 15 is 0 Å². The number of sulfonamides is 1. The van der Waals surface area contributed by atoms with Crippen molar-refractivity contribution in [3.8, 4) is 11.3 Å². The van der Waals surface area contributed by atoms with E-state index in [1.54, 1.807) is 23.7 Å². The zero-order valence-corrected chi connectivity index (χ0v) is 17.1. The number of pyridine rings is 1. The van der Waals surface area contributed by atoms with Crippen LogP contribution >= 0.6 is 11.3 Å². The molecule has 0 fully saturated rings. The van der Waals surface area contributed by atoms with Crippen LogP contribution in [-0.4, -0.2) is 23.5 Å². The topological polar surface area (TPSA) is 92.2 Å². The molecule has 1 atom stereocenters. The van der Waals surface area contributed by atoms with Crippen molar-refractivity contribution in [2.24, 2.45) is 0 Å². The second-order valence-electron chi connectivity index (χ2n) is 6.34. The first kappa shape index (κ1) is 20.1. The standard InChI is InChI=1S/C21H16FN3O3S2/c22-18-13-15(30(27,28)25-21-24-11-12-29-21)8-9-16(18)20(26)17-7-4-10-23-19(17)14-5-2-1-3-6-14/h1-13,20,26H,(H,24,25). The second kappa shape index (κ2) is 8.31. The molecule has 152 valence electrons. The Hall–Kier alpha value is -3.14. The maximum absolute atomic E-state index is 14.8. The number of benzene rings is 2. The summed E-state index contributed by atoms with van der Waals surface area (Å²) in [6.45, 7) is 0. The van der Waals surface area contributed by atoms with E-state index in [2.05, 4.69) is 14.7 Å². The van der Waals surface area contributed by atoms with Crippen LogP contribution in [0.15, 0.2) is 83.3 Å². The second-order valence-corrected chi connectivity index (χ2v) is 8.91. The summed E-state index contributed by atoms with van der Waals surface area (Å²) in [6, 6.07) is 15.9. The fourth-order valence-electron chi connectivity index (χ4n) is 2.99. The summed E-state index contributed by atoms with van der Waals surface area (Å²) < 4.78 is 42.1. The number of hydrogen-bond acceptors (Lipinski definition) is 6. The van der Waals surface area contributed by atoms with Gasteiger partial charge < -0.3 is 5.11 Å². The Bertz CT molecular complexity index is 1260. The third-order valence-corrected chi connectivity index (χ3v) is 6.57. The SMILES string of the molecule is O=S(=O)(Nc1nccs1)c1ccc(C(O)c2cccnc2-c2ccccc2)c(F)c1. The van der Waals surface area contributed by atoms with E-state index in [0.29, 0.717) is 11.3 Å². The van der Waals surface area contributed by atoms with Gasteiger partial charge in [-0.25, -0.2) is 17.8 Å². The van der Waals surface area contributed by atoms with Gasteiger partial charge in [-0.1, -0.05) is 42.5 Å². The lowest BCUT2D eigenvalue weighted by Gasteiger charge is -2.16. The van der Waals surface area contributed by atoms with Crippen molar-refractivity contribution in [1.29, 1.82) is 0 Å². The molecule has 2 N–H and O–H groups in total.